The molecule has 0 aliphatic rings. The number of benzene rings is 1. The standard InChI is InChI=1S/C20H24N6O3S/c1-4-12(2)16(19(27)29-3)25-20(28)24-14-7-5-6-13(8-14)10-30-18-15-9-23-26-17(15)21-11-22-18/h5-9,11-12,16H,4,10H2,1-3H3,(H2,24,25,28)(H,21,22,23,26)/t12-,16+/m0/s1. The van der Waals surface area contributed by atoms with Crippen molar-refractivity contribution in [1.29, 1.82) is 0 Å². The van der Waals surface area contributed by atoms with Crippen molar-refractivity contribution in [3.63, 3.8) is 0 Å². The van der Waals surface area contributed by atoms with Crippen molar-refractivity contribution < 1.29 is 14.3 Å². The molecule has 0 radical (unpaired) electrons. The number of aromatic amines is 1. The minimum absolute atomic E-state index is 0.0430. The van der Waals surface area contributed by atoms with Crippen molar-refractivity contribution in [3.8, 4) is 0 Å². The fourth-order valence-corrected chi connectivity index (χ4v) is 3.76. The summed E-state index contributed by atoms with van der Waals surface area (Å²) >= 11 is 1.56. The van der Waals surface area contributed by atoms with Crippen molar-refractivity contribution in [1.82, 2.24) is 25.5 Å². The first-order valence-corrected chi connectivity index (χ1v) is 10.5. The van der Waals surface area contributed by atoms with Crippen LogP contribution in [-0.4, -0.2) is 45.3 Å². The molecule has 2 atom stereocenters. The minimum atomic E-state index is -0.700. The molecule has 3 N–H and O–H groups in total. The molecule has 0 aliphatic heterocycles. The normalized spacial score (nSPS) is 12.9. The lowest BCUT2D eigenvalue weighted by molar-refractivity contribution is -0.144. The molecule has 2 amide bonds. The number of methoxy groups -OCH3 is 1. The molecule has 30 heavy (non-hydrogen) atoms. The molecule has 0 saturated carbocycles. The molecule has 0 bridgehead atoms. The number of nitrogens with zero attached hydrogens (tertiary/aromatic N) is 3. The molecule has 9 nitrogen and oxygen atoms in total. The Morgan fingerprint density at radius 2 is 2.13 bits per heavy atom. The van der Waals surface area contributed by atoms with Crippen molar-refractivity contribution in [2.45, 2.75) is 37.1 Å². The summed E-state index contributed by atoms with van der Waals surface area (Å²) in [5.74, 6) is 0.158. The maximum atomic E-state index is 12.4. The number of rotatable bonds is 8. The Morgan fingerprint density at radius 1 is 1.30 bits per heavy atom. The van der Waals surface area contributed by atoms with Crippen molar-refractivity contribution in [2.75, 3.05) is 12.4 Å². The molecular formula is C20H24N6O3S. The van der Waals surface area contributed by atoms with Crippen molar-refractivity contribution in [3.05, 3.63) is 42.4 Å². The lowest BCUT2D eigenvalue weighted by Gasteiger charge is -2.22. The number of urea groups is 1. The van der Waals surface area contributed by atoms with E-state index in [-0.39, 0.29) is 5.92 Å². The first kappa shape index (κ1) is 21.6. The fraction of sp³-hybridized carbons (Fsp3) is 0.350. The number of carbonyl (C=O) groups is 2. The third-order valence-corrected chi connectivity index (χ3v) is 5.80. The Kier molecular flexibility index (Phi) is 7.23. The predicted octanol–water partition coefficient (Wildman–Crippen LogP) is 3.35. The monoisotopic (exact) mass is 428 g/mol. The quantitative estimate of drug-likeness (QED) is 0.286. The van der Waals surface area contributed by atoms with Crippen LogP contribution in [0.3, 0.4) is 0 Å². The van der Waals surface area contributed by atoms with Crippen LogP contribution < -0.4 is 10.6 Å². The number of hydrogen-bond acceptors (Lipinski definition) is 7. The molecule has 3 aromatic rings. The second-order valence-corrected chi connectivity index (χ2v) is 7.75. The summed E-state index contributed by atoms with van der Waals surface area (Å²) in [4.78, 5) is 32.8. The smallest absolute Gasteiger partial charge is 0.328 e. The van der Waals surface area contributed by atoms with Crippen LogP contribution in [0, 0.1) is 5.92 Å². The molecule has 1 aromatic carbocycles. The van der Waals surface area contributed by atoms with Gasteiger partial charge in [-0.05, 0) is 23.6 Å². The molecule has 10 heteroatoms. The van der Waals surface area contributed by atoms with Gasteiger partial charge in [0.2, 0.25) is 0 Å². The zero-order valence-electron chi connectivity index (χ0n) is 17.0. The number of anilines is 1. The lowest BCUT2D eigenvalue weighted by Crippen LogP contribution is -2.47. The second-order valence-electron chi connectivity index (χ2n) is 6.78. The summed E-state index contributed by atoms with van der Waals surface area (Å²) in [7, 11) is 1.31. The molecule has 0 fully saturated rings. The number of esters is 1. The largest absolute Gasteiger partial charge is 0.467 e. The molecule has 158 valence electrons. The SMILES string of the molecule is CC[C@H](C)[C@@H](NC(=O)Nc1cccc(CSc2ncnc3[nH]ncc23)c1)C(=O)OC. The summed E-state index contributed by atoms with van der Waals surface area (Å²) in [6.07, 6.45) is 3.94. The highest BCUT2D eigenvalue weighted by Crippen LogP contribution is 2.27. The number of ether oxygens (including phenoxy) is 1. The molecule has 0 saturated heterocycles. The van der Waals surface area contributed by atoms with E-state index in [1.54, 1.807) is 24.0 Å². The second kappa shape index (κ2) is 10.1. The molecule has 2 aromatic heterocycles. The van der Waals surface area contributed by atoms with Gasteiger partial charge < -0.3 is 15.4 Å². The van der Waals surface area contributed by atoms with Crippen LogP contribution in [0.5, 0.6) is 0 Å². The maximum Gasteiger partial charge on any atom is 0.328 e. The van der Waals surface area contributed by atoms with Crippen LogP contribution in [0.4, 0.5) is 10.5 Å². The van der Waals surface area contributed by atoms with Crippen LogP contribution in [0.25, 0.3) is 11.0 Å². The van der Waals surface area contributed by atoms with Gasteiger partial charge in [0, 0.05) is 11.4 Å². The van der Waals surface area contributed by atoms with E-state index in [1.807, 2.05) is 32.0 Å². The number of hydrogen-bond donors (Lipinski definition) is 3. The topological polar surface area (TPSA) is 122 Å². The molecule has 0 aliphatic carbocycles. The van der Waals surface area contributed by atoms with E-state index in [2.05, 4.69) is 30.8 Å². The Bertz CT molecular complexity index is 1020. The average Bonchev–Trinajstić information content (AvgIpc) is 3.24. The van der Waals surface area contributed by atoms with Gasteiger partial charge in [-0.15, -0.1) is 11.8 Å². The van der Waals surface area contributed by atoms with Crippen LogP contribution in [0.1, 0.15) is 25.8 Å². The van der Waals surface area contributed by atoms with E-state index in [4.69, 9.17) is 4.74 Å². The van der Waals surface area contributed by atoms with E-state index < -0.39 is 18.0 Å². The summed E-state index contributed by atoms with van der Waals surface area (Å²) in [5.41, 5.74) is 2.34. The van der Waals surface area contributed by atoms with E-state index in [1.165, 1.54) is 13.4 Å². The Balaban J connectivity index is 1.62. The third kappa shape index (κ3) is 5.26. The van der Waals surface area contributed by atoms with Crippen LogP contribution in [0.2, 0.25) is 0 Å². The number of amides is 2. The Morgan fingerprint density at radius 3 is 2.90 bits per heavy atom. The van der Waals surface area contributed by atoms with Crippen molar-refractivity contribution in [2.24, 2.45) is 5.92 Å². The summed E-state index contributed by atoms with van der Waals surface area (Å²) in [6.45, 7) is 3.85. The van der Waals surface area contributed by atoms with Gasteiger partial charge in [0.15, 0.2) is 5.65 Å². The highest BCUT2D eigenvalue weighted by Gasteiger charge is 2.26. The maximum absolute atomic E-state index is 12.4. The molecule has 3 rings (SSSR count). The van der Waals surface area contributed by atoms with E-state index >= 15 is 0 Å². The first-order chi connectivity index (χ1) is 14.5. The van der Waals surface area contributed by atoms with Gasteiger partial charge in [0.1, 0.15) is 17.4 Å². The number of carbonyl (C=O) groups excluding carboxylic acids is 2. The molecule has 0 spiro atoms. The van der Waals surface area contributed by atoms with Gasteiger partial charge in [-0.1, -0.05) is 32.4 Å². The highest BCUT2D eigenvalue weighted by molar-refractivity contribution is 7.98. The van der Waals surface area contributed by atoms with Crippen molar-refractivity contribution >= 4 is 40.5 Å². The van der Waals surface area contributed by atoms with E-state index in [9.17, 15) is 9.59 Å². The minimum Gasteiger partial charge on any atom is -0.467 e. The Hall–Kier alpha value is -3.14. The number of thioether (sulfide) groups is 1. The number of aromatic nitrogens is 4. The predicted molar refractivity (Wildman–Crippen MR) is 115 cm³/mol. The van der Waals surface area contributed by atoms with Gasteiger partial charge >= 0.3 is 12.0 Å². The average molecular weight is 429 g/mol. The van der Waals surface area contributed by atoms with Crippen LogP contribution in [0.15, 0.2) is 41.8 Å². The summed E-state index contributed by atoms with van der Waals surface area (Å²) < 4.78 is 4.80. The molecular weight excluding hydrogens is 404 g/mol. The fourth-order valence-electron chi connectivity index (χ4n) is 2.85. The first-order valence-electron chi connectivity index (χ1n) is 9.53. The van der Waals surface area contributed by atoms with Gasteiger partial charge in [0.05, 0.1) is 18.7 Å². The van der Waals surface area contributed by atoms with E-state index in [0.717, 1.165) is 22.4 Å². The van der Waals surface area contributed by atoms with Gasteiger partial charge in [-0.25, -0.2) is 19.6 Å². The number of fused-ring (bicyclic) bond motifs is 1. The lowest BCUT2D eigenvalue weighted by atomic mass is 9.99. The molecule has 2 heterocycles. The zero-order chi connectivity index (χ0) is 21.5. The van der Waals surface area contributed by atoms with Crippen LogP contribution in [-0.2, 0) is 15.3 Å². The highest BCUT2D eigenvalue weighted by atomic mass is 32.2. The van der Waals surface area contributed by atoms with Gasteiger partial charge in [0.25, 0.3) is 0 Å². The summed E-state index contributed by atoms with van der Waals surface area (Å²) in [6, 6.07) is 6.37. The Labute approximate surface area is 178 Å². The van der Waals surface area contributed by atoms with Crippen LogP contribution >= 0.6 is 11.8 Å². The van der Waals surface area contributed by atoms with Gasteiger partial charge in [-0.3, -0.25) is 5.10 Å². The number of nitrogens with one attached hydrogen (secondary N) is 3. The van der Waals surface area contributed by atoms with Gasteiger partial charge in [-0.2, -0.15) is 5.10 Å². The summed E-state index contributed by atoms with van der Waals surface area (Å²) in [5, 5.41) is 14.0. The molecule has 0 unspecified atom stereocenters. The zero-order valence-corrected chi connectivity index (χ0v) is 17.8. The van der Waals surface area contributed by atoms with E-state index in [0.29, 0.717) is 17.1 Å². The number of H-pyrrole nitrogens is 1. The third-order valence-electron chi connectivity index (χ3n) is 4.73.